The van der Waals surface area contributed by atoms with E-state index in [1.54, 1.807) is 14.2 Å². The van der Waals surface area contributed by atoms with Gasteiger partial charge in [-0.15, -0.1) is 0 Å². The van der Waals surface area contributed by atoms with Crippen LogP contribution in [0.2, 0.25) is 0 Å². The first-order valence-corrected chi connectivity index (χ1v) is 10.5. The molecule has 0 aliphatic carbocycles. The summed E-state index contributed by atoms with van der Waals surface area (Å²) < 4.78 is 13.3. The zero-order valence-corrected chi connectivity index (χ0v) is 17.8. The molecule has 0 amide bonds. The lowest BCUT2D eigenvalue weighted by atomic mass is 9.99. The van der Waals surface area contributed by atoms with Crippen molar-refractivity contribution in [3.05, 3.63) is 47.5 Å². The number of benzene rings is 2. The van der Waals surface area contributed by atoms with Gasteiger partial charge in [-0.3, -0.25) is 4.90 Å². The lowest BCUT2D eigenvalue weighted by Gasteiger charge is -2.30. The van der Waals surface area contributed by atoms with Crippen LogP contribution in [0, 0.1) is 0 Å². The van der Waals surface area contributed by atoms with Gasteiger partial charge in [0.15, 0.2) is 16.7 Å². The SMILES string of the molecule is COc1cc2c(cc1OC)CN(Cn1c(SC(C)C)nc3ccccc31)CC2. The molecule has 0 saturated heterocycles. The first kappa shape index (κ1) is 19.2. The summed E-state index contributed by atoms with van der Waals surface area (Å²) in [6.45, 7) is 7.18. The van der Waals surface area contributed by atoms with Crippen molar-refractivity contribution < 1.29 is 9.47 Å². The van der Waals surface area contributed by atoms with Crippen molar-refractivity contribution in [2.45, 2.75) is 43.9 Å². The topological polar surface area (TPSA) is 39.5 Å². The first-order valence-electron chi connectivity index (χ1n) is 9.67. The maximum absolute atomic E-state index is 5.50. The third-order valence-corrected chi connectivity index (χ3v) is 6.09. The second kappa shape index (κ2) is 8.05. The molecule has 0 fully saturated rings. The van der Waals surface area contributed by atoms with Gasteiger partial charge in [0.1, 0.15) is 0 Å². The lowest BCUT2D eigenvalue weighted by molar-refractivity contribution is 0.195. The van der Waals surface area contributed by atoms with Crippen LogP contribution in [0.15, 0.2) is 41.6 Å². The highest BCUT2D eigenvalue weighted by atomic mass is 32.2. The zero-order valence-electron chi connectivity index (χ0n) is 16.9. The van der Waals surface area contributed by atoms with Gasteiger partial charge in [-0.2, -0.15) is 0 Å². The van der Waals surface area contributed by atoms with Gasteiger partial charge < -0.3 is 14.0 Å². The van der Waals surface area contributed by atoms with Crippen LogP contribution in [0.1, 0.15) is 25.0 Å². The Morgan fingerprint density at radius 2 is 1.79 bits per heavy atom. The molecule has 6 heteroatoms. The molecule has 28 heavy (non-hydrogen) atoms. The average Bonchev–Trinajstić information content (AvgIpc) is 3.03. The molecule has 4 rings (SSSR count). The molecule has 3 aromatic rings. The van der Waals surface area contributed by atoms with Crippen LogP contribution in [0.3, 0.4) is 0 Å². The molecule has 0 saturated carbocycles. The molecule has 2 aromatic carbocycles. The van der Waals surface area contributed by atoms with Crippen molar-refractivity contribution in [3.8, 4) is 11.5 Å². The van der Waals surface area contributed by atoms with Gasteiger partial charge in [0, 0.05) is 18.3 Å². The van der Waals surface area contributed by atoms with Gasteiger partial charge in [0.2, 0.25) is 0 Å². The molecule has 148 valence electrons. The van der Waals surface area contributed by atoms with Crippen LogP contribution < -0.4 is 9.47 Å². The average molecular weight is 398 g/mol. The number of aromatic nitrogens is 2. The molecule has 5 nitrogen and oxygen atoms in total. The normalized spacial score (nSPS) is 14.5. The van der Waals surface area contributed by atoms with E-state index in [1.165, 1.54) is 16.6 Å². The summed E-state index contributed by atoms with van der Waals surface area (Å²) in [6.07, 6.45) is 1.01. The number of ether oxygens (including phenoxy) is 2. The van der Waals surface area contributed by atoms with Crippen molar-refractivity contribution in [1.29, 1.82) is 0 Å². The largest absolute Gasteiger partial charge is 0.493 e. The maximum Gasteiger partial charge on any atom is 0.170 e. The Kier molecular flexibility index (Phi) is 5.51. The quantitative estimate of drug-likeness (QED) is 0.570. The third-order valence-electron chi connectivity index (χ3n) is 5.10. The fraction of sp³-hybridized carbons (Fsp3) is 0.409. The predicted molar refractivity (Wildman–Crippen MR) is 114 cm³/mol. The monoisotopic (exact) mass is 397 g/mol. The van der Waals surface area contributed by atoms with Gasteiger partial charge in [0.25, 0.3) is 0 Å². The molecule has 0 bridgehead atoms. The van der Waals surface area contributed by atoms with Crippen molar-refractivity contribution in [1.82, 2.24) is 14.5 Å². The van der Waals surface area contributed by atoms with E-state index in [1.807, 2.05) is 11.8 Å². The van der Waals surface area contributed by atoms with Gasteiger partial charge in [-0.1, -0.05) is 37.7 Å². The summed E-state index contributed by atoms with van der Waals surface area (Å²) >= 11 is 1.82. The minimum Gasteiger partial charge on any atom is -0.493 e. The van der Waals surface area contributed by atoms with Crippen molar-refractivity contribution in [3.63, 3.8) is 0 Å². The van der Waals surface area contributed by atoms with E-state index in [9.17, 15) is 0 Å². The van der Waals surface area contributed by atoms with E-state index in [-0.39, 0.29) is 0 Å². The number of thioether (sulfide) groups is 1. The minimum absolute atomic E-state index is 0.495. The lowest BCUT2D eigenvalue weighted by Crippen LogP contribution is -2.32. The number of nitrogens with zero attached hydrogens (tertiary/aromatic N) is 3. The Hall–Kier alpha value is -2.18. The molecule has 0 radical (unpaired) electrons. The Balaban J connectivity index is 1.62. The second-order valence-electron chi connectivity index (χ2n) is 7.40. The number of rotatable bonds is 6. The second-order valence-corrected chi connectivity index (χ2v) is 8.94. The smallest absolute Gasteiger partial charge is 0.170 e. The fourth-order valence-electron chi connectivity index (χ4n) is 3.75. The molecule has 1 aromatic heterocycles. The number of para-hydroxylation sites is 2. The molecule has 0 unspecified atom stereocenters. The van der Waals surface area contributed by atoms with Crippen molar-refractivity contribution in [2.75, 3.05) is 20.8 Å². The highest BCUT2D eigenvalue weighted by Crippen LogP contribution is 2.34. The van der Waals surface area contributed by atoms with E-state index in [4.69, 9.17) is 14.5 Å². The summed E-state index contributed by atoms with van der Waals surface area (Å²) in [5.41, 5.74) is 4.92. The Labute approximate surface area is 170 Å². The van der Waals surface area contributed by atoms with Crippen LogP contribution in [0.4, 0.5) is 0 Å². The molecule has 2 heterocycles. The van der Waals surface area contributed by atoms with Gasteiger partial charge in [-0.05, 0) is 41.8 Å². The molecule has 0 N–H and O–H groups in total. The number of fused-ring (bicyclic) bond motifs is 2. The Morgan fingerprint density at radius 1 is 1.07 bits per heavy atom. The molecule has 0 spiro atoms. The third kappa shape index (κ3) is 3.71. The Morgan fingerprint density at radius 3 is 2.50 bits per heavy atom. The van der Waals surface area contributed by atoms with Crippen LogP contribution in [0.5, 0.6) is 11.5 Å². The summed E-state index contributed by atoms with van der Waals surface area (Å²) in [7, 11) is 3.38. The number of hydrogen-bond acceptors (Lipinski definition) is 5. The van der Waals surface area contributed by atoms with Gasteiger partial charge in [0.05, 0.1) is 31.9 Å². The molecular formula is C22H27N3O2S. The van der Waals surface area contributed by atoms with Crippen LogP contribution in [0.25, 0.3) is 11.0 Å². The maximum atomic E-state index is 5.50. The first-order chi connectivity index (χ1) is 13.6. The summed E-state index contributed by atoms with van der Waals surface area (Å²) in [5.74, 6) is 1.61. The molecular weight excluding hydrogens is 370 g/mol. The van der Waals surface area contributed by atoms with Crippen LogP contribution in [-0.4, -0.2) is 40.5 Å². The van der Waals surface area contributed by atoms with Crippen LogP contribution >= 0.6 is 11.8 Å². The summed E-state index contributed by atoms with van der Waals surface area (Å²) in [6, 6.07) is 12.7. The molecule has 1 aliphatic rings. The minimum atomic E-state index is 0.495. The number of methoxy groups -OCH3 is 2. The van der Waals surface area contributed by atoms with E-state index < -0.39 is 0 Å². The zero-order chi connectivity index (χ0) is 19.7. The van der Waals surface area contributed by atoms with Gasteiger partial charge >= 0.3 is 0 Å². The van der Waals surface area contributed by atoms with Gasteiger partial charge in [-0.25, -0.2) is 4.98 Å². The van der Waals surface area contributed by atoms with E-state index in [2.05, 4.69) is 59.7 Å². The number of imidazole rings is 1. The van der Waals surface area contributed by atoms with E-state index in [0.717, 1.165) is 48.4 Å². The van der Waals surface area contributed by atoms with Crippen molar-refractivity contribution in [2.24, 2.45) is 0 Å². The highest BCUT2D eigenvalue weighted by Gasteiger charge is 2.21. The van der Waals surface area contributed by atoms with E-state index >= 15 is 0 Å². The molecule has 1 aliphatic heterocycles. The van der Waals surface area contributed by atoms with Crippen molar-refractivity contribution >= 4 is 22.8 Å². The highest BCUT2D eigenvalue weighted by molar-refractivity contribution is 7.99. The molecule has 0 atom stereocenters. The summed E-state index contributed by atoms with van der Waals surface area (Å²) in [5, 5.41) is 1.59. The Bertz CT molecular complexity index is 983. The predicted octanol–water partition coefficient (Wildman–Crippen LogP) is 4.57. The fourth-order valence-corrected chi connectivity index (χ4v) is 4.61. The van der Waals surface area contributed by atoms with Crippen LogP contribution in [-0.2, 0) is 19.6 Å². The number of hydrogen-bond donors (Lipinski definition) is 0. The standard InChI is InChI=1S/C22H27N3O2S/c1-15(2)28-22-23-18-7-5-6-8-19(18)25(22)14-24-10-9-16-11-20(26-3)21(27-4)12-17(16)13-24/h5-8,11-12,15H,9-10,13-14H2,1-4H3. The summed E-state index contributed by atoms with van der Waals surface area (Å²) in [4.78, 5) is 7.35. The van der Waals surface area contributed by atoms with E-state index in [0.29, 0.717) is 5.25 Å².